The van der Waals surface area contributed by atoms with Gasteiger partial charge >= 0.3 is 16.1 Å². The number of carboxylic acids is 1. The van der Waals surface area contributed by atoms with Crippen molar-refractivity contribution in [3.63, 3.8) is 0 Å². The molecule has 0 fully saturated rings. The minimum absolute atomic E-state index is 0.233. The molecule has 0 bridgehead atoms. The molecule has 0 radical (unpaired) electrons. The molecule has 2 rings (SSSR count). The number of hydrogen-bond donors (Lipinski definition) is 1. The molecule has 0 unspecified atom stereocenters. The molecule has 0 aliphatic carbocycles. The summed E-state index contributed by atoms with van der Waals surface area (Å²) in [5, 5.41) is 9.59. The summed E-state index contributed by atoms with van der Waals surface area (Å²) in [4.78, 5) is 11.7. The second-order valence-electron chi connectivity index (χ2n) is 6.94. The lowest BCUT2D eigenvalue weighted by atomic mass is 9.91. The molecule has 30 heavy (non-hydrogen) atoms. The number of carboxylic acid groups (broad SMARTS) is 1. The third-order valence-electron chi connectivity index (χ3n) is 4.62. The van der Waals surface area contributed by atoms with Gasteiger partial charge in [-0.2, -0.15) is 8.42 Å². The Morgan fingerprint density at radius 2 is 1.53 bits per heavy atom. The second kappa shape index (κ2) is 10.4. The fourth-order valence-corrected chi connectivity index (χ4v) is 3.51. The summed E-state index contributed by atoms with van der Waals surface area (Å²) in [5.41, 5.74) is 0.760. The highest BCUT2D eigenvalue weighted by Crippen LogP contribution is 2.23. The monoisotopic (exact) mass is 436 g/mol. The van der Waals surface area contributed by atoms with Crippen molar-refractivity contribution in [2.75, 3.05) is 19.5 Å². The van der Waals surface area contributed by atoms with Crippen molar-refractivity contribution in [2.45, 2.75) is 38.7 Å². The van der Waals surface area contributed by atoms with E-state index < -0.39 is 21.7 Å². The number of ether oxygens (including phenoxy) is 2. The van der Waals surface area contributed by atoms with Crippen LogP contribution in [0, 0.1) is 0 Å². The molecule has 0 aliphatic rings. The SMILES string of the molecule is CCO[C@@](CC)(Cc1ccc(CCOc2ccc(OS(C)(=O)=O)cc2)cc1)C(=O)O. The van der Waals surface area contributed by atoms with Gasteiger partial charge in [0, 0.05) is 19.4 Å². The Balaban J connectivity index is 1.89. The van der Waals surface area contributed by atoms with Crippen LogP contribution in [-0.4, -0.2) is 44.6 Å². The molecule has 8 heteroatoms. The van der Waals surface area contributed by atoms with E-state index in [1.54, 1.807) is 19.1 Å². The van der Waals surface area contributed by atoms with Crippen LogP contribution in [-0.2, 0) is 32.5 Å². The molecule has 164 valence electrons. The number of carbonyl (C=O) groups is 1. The topological polar surface area (TPSA) is 99.1 Å². The van der Waals surface area contributed by atoms with Gasteiger partial charge < -0.3 is 18.8 Å². The number of benzene rings is 2. The van der Waals surface area contributed by atoms with Crippen molar-refractivity contribution in [2.24, 2.45) is 0 Å². The van der Waals surface area contributed by atoms with Crippen molar-refractivity contribution in [1.82, 2.24) is 0 Å². The average Bonchev–Trinajstić information content (AvgIpc) is 2.69. The van der Waals surface area contributed by atoms with Crippen LogP contribution in [0.25, 0.3) is 0 Å². The highest BCUT2D eigenvalue weighted by molar-refractivity contribution is 7.86. The van der Waals surface area contributed by atoms with Crippen LogP contribution in [0.2, 0.25) is 0 Å². The van der Waals surface area contributed by atoms with Gasteiger partial charge in [0.15, 0.2) is 5.60 Å². The van der Waals surface area contributed by atoms with Gasteiger partial charge in [-0.3, -0.25) is 0 Å². The number of hydrogen-bond acceptors (Lipinski definition) is 6. The fourth-order valence-electron chi connectivity index (χ4n) is 3.05. The summed E-state index contributed by atoms with van der Waals surface area (Å²) in [6.45, 7) is 4.40. The Morgan fingerprint density at radius 3 is 2.03 bits per heavy atom. The molecular weight excluding hydrogens is 408 g/mol. The van der Waals surface area contributed by atoms with Crippen molar-refractivity contribution < 1.29 is 32.0 Å². The Hall–Kier alpha value is -2.58. The first-order valence-corrected chi connectivity index (χ1v) is 11.6. The summed E-state index contributed by atoms with van der Waals surface area (Å²) < 4.78 is 38.2. The van der Waals surface area contributed by atoms with Crippen LogP contribution >= 0.6 is 0 Å². The minimum Gasteiger partial charge on any atom is -0.493 e. The summed E-state index contributed by atoms with van der Waals surface area (Å²) in [6, 6.07) is 14.1. The quantitative estimate of drug-likeness (QED) is 0.509. The third-order valence-corrected chi connectivity index (χ3v) is 5.12. The predicted molar refractivity (Wildman–Crippen MR) is 114 cm³/mol. The van der Waals surface area contributed by atoms with E-state index in [0.717, 1.165) is 17.4 Å². The molecule has 0 aromatic heterocycles. The maximum Gasteiger partial charge on any atom is 0.336 e. The Bertz CT molecular complexity index is 921. The lowest BCUT2D eigenvalue weighted by molar-refractivity contribution is -0.166. The molecule has 0 heterocycles. The maximum atomic E-state index is 11.7. The molecule has 0 amide bonds. The lowest BCUT2D eigenvalue weighted by Crippen LogP contribution is -2.43. The van der Waals surface area contributed by atoms with Crippen LogP contribution in [0.3, 0.4) is 0 Å². The molecule has 0 saturated carbocycles. The summed E-state index contributed by atoms with van der Waals surface area (Å²) in [7, 11) is -3.55. The number of rotatable bonds is 12. The first kappa shape index (κ1) is 23.7. The van der Waals surface area contributed by atoms with Crippen molar-refractivity contribution >= 4 is 16.1 Å². The van der Waals surface area contributed by atoms with E-state index in [1.165, 1.54) is 12.1 Å². The molecule has 0 aliphatic heterocycles. The largest absolute Gasteiger partial charge is 0.493 e. The molecule has 7 nitrogen and oxygen atoms in total. The van der Waals surface area contributed by atoms with Gasteiger partial charge in [-0.15, -0.1) is 0 Å². The van der Waals surface area contributed by atoms with E-state index in [1.807, 2.05) is 31.2 Å². The van der Waals surface area contributed by atoms with Crippen LogP contribution in [0.1, 0.15) is 31.4 Å². The second-order valence-corrected chi connectivity index (χ2v) is 8.51. The highest BCUT2D eigenvalue weighted by atomic mass is 32.2. The molecule has 0 spiro atoms. The fraction of sp³-hybridized carbons (Fsp3) is 0.409. The number of aliphatic carboxylic acids is 1. The van der Waals surface area contributed by atoms with E-state index >= 15 is 0 Å². The molecule has 1 atom stereocenters. The zero-order valence-electron chi connectivity index (χ0n) is 17.5. The van der Waals surface area contributed by atoms with Crippen LogP contribution < -0.4 is 8.92 Å². The summed E-state index contributed by atoms with van der Waals surface area (Å²) in [5.74, 6) is -0.104. The van der Waals surface area contributed by atoms with Crippen LogP contribution in [0.4, 0.5) is 0 Å². The van der Waals surface area contributed by atoms with Gasteiger partial charge in [0.2, 0.25) is 0 Å². The standard InChI is InChI=1S/C22H28O7S/c1-4-22(21(23)24,28-5-2)16-18-8-6-17(7-9-18)14-15-27-19-10-12-20(13-11-19)29-30(3,25)26/h6-13H,4-5,14-16H2,1-3H3,(H,23,24)/t22-/m0/s1. The first-order valence-electron chi connectivity index (χ1n) is 9.75. The van der Waals surface area contributed by atoms with Gasteiger partial charge in [-0.25, -0.2) is 4.79 Å². The Morgan fingerprint density at radius 1 is 0.967 bits per heavy atom. The zero-order valence-corrected chi connectivity index (χ0v) is 18.3. The molecule has 2 aromatic carbocycles. The molecule has 1 N–H and O–H groups in total. The highest BCUT2D eigenvalue weighted by Gasteiger charge is 2.37. The molecule has 2 aromatic rings. The maximum absolute atomic E-state index is 11.7. The van der Waals surface area contributed by atoms with Gasteiger partial charge in [-0.05, 0) is 48.7 Å². The first-order chi connectivity index (χ1) is 14.2. The van der Waals surface area contributed by atoms with Gasteiger partial charge in [0.25, 0.3) is 0 Å². The van der Waals surface area contributed by atoms with Crippen molar-refractivity contribution in [3.05, 3.63) is 59.7 Å². The van der Waals surface area contributed by atoms with E-state index in [0.29, 0.717) is 38.2 Å². The lowest BCUT2D eigenvalue weighted by Gasteiger charge is -2.28. The third kappa shape index (κ3) is 7.03. The summed E-state index contributed by atoms with van der Waals surface area (Å²) in [6.07, 6.45) is 2.36. The summed E-state index contributed by atoms with van der Waals surface area (Å²) >= 11 is 0. The van der Waals surface area contributed by atoms with E-state index in [4.69, 9.17) is 13.7 Å². The van der Waals surface area contributed by atoms with Gasteiger partial charge in [-0.1, -0.05) is 31.2 Å². The van der Waals surface area contributed by atoms with Gasteiger partial charge in [0.1, 0.15) is 11.5 Å². The Kier molecular flexibility index (Phi) is 8.25. The van der Waals surface area contributed by atoms with E-state index in [-0.39, 0.29) is 5.75 Å². The van der Waals surface area contributed by atoms with Crippen molar-refractivity contribution in [1.29, 1.82) is 0 Å². The van der Waals surface area contributed by atoms with Crippen LogP contribution in [0.5, 0.6) is 11.5 Å². The predicted octanol–water partition coefficient (Wildman–Crippen LogP) is 3.46. The van der Waals surface area contributed by atoms with E-state index in [2.05, 4.69) is 0 Å². The molecular formula is C22H28O7S. The Labute approximate surface area is 177 Å². The minimum atomic E-state index is -3.55. The van der Waals surface area contributed by atoms with Crippen molar-refractivity contribution in [3.8, 4) is 11.5 Å². The smallest absolute Gasteiger partial charge is 0.336 e. The molecule has 0 saturated heterocycles. The normalized spacial score (nSPS) is 13.4. The van der Waals surface area contributed by atoms with Gasteiger partial charge in [0.05, 0.1) is 12.9 Å². The van der Waals surface area contributed by atoms with E-state index in [9.17, 15) is 18.3 Å². The zero-order chi connectivity index (χ0) is 22.2. The average molecular weight is 437 g/mol. The van der Waals surface area contributed by atoms with Crippen LogP contribution in [0.15, 0.2) is 48.5 Å².